The van der Waals surface area contributed by atoms with Gasteiger partial charge in [-0.3, -0.25) is 24.1 Å². The van der Waals surface area contributed by atoms with Crippen molar-refractivity contribution in [1.29, 1.82) is 0 Å². The number of para-hydroxylation sites is 1. The number of carboxylic acid groups (broad SMARTS) is 1. The van der Waals surface area contributed by atoms with Crippen LogP contribution in [0, 0.1) is 32.7 Å². The SMILES string of the molecule is COc1cc([C@H]2C3=CC[C@@H]4C(=O)N(c5cccc(C(=O)O)c5)C(=O)[C@@H]4[C@@H]3C[C@H]3C(=O)N(c4ccccc4)C(=O)[C@@]23C)cc(I)c1O. The number of hydrogen-bond acceptors (Lipinski definition) is 7. The number of anilines is 2. The Kier molecular flexibility index (Phi) is 7.07. The standard InChI is InChI=1S/C35H29IN2O8/c1-35-24(31(41)38(34(35)45)19-8-4-3-5-9-19)16-23-21(28(35)18-14-25(36)29(39)26(15-18)46-2)11-12-22-27(23)32(42)37(30(22)40)20-10-6-7-17(13-20)33(43)44/h3-11,13-15,22-24,27-28,39H,12,16H2,1-2H3,(H,43,44)/t22-,23+,24-,27-,28-,35+/m0/s1. The molecule has 2 aliphatic heterocycles. The zero-order chi connectivity index (χ0) is 32.7. The summed E-state index contributed by atoms with van der Waals surface area (Å²) < 4.78 is 5.98. The number of amides is 4. The fourth-order valence-corrected chi connectivity index (χ4v) is 8.79. The lowest BCUT2D eigenvalue weighted by molar-refractivity contribution is -0.131. The van der Waals surface area contributed by atoms with Gasteiger partial charge in [-0.25, -0.2) is 9.69 Å². The van der Waals surface area contributed by atoms with Gasteiger partial charge in [0.15, 0.2) is 11.5 Å². The van der Waals surface area contributed by atoms with Crippen LogP contribution in [-0.4, -0.2) is 46.9 Å². The van der Waals surface area contributed by atoms with Gasteiger partial charge < -0.3 is 14.9 Å². The number of benzene rings is 3. The third-order valence-corrected chi connectivity index (χ3v) is 11.1. The Morgan fingerprint density at radius 1 is 0.913 bits per heavy atom. The summed E-state index contributed by atoms with van der Waals surface area (Å²) in [6, 6.07) is 17.9. The third-order valence-electron chi connectivity index (χ3n) is 10.2. The minimum atomic E-state index is -1.24. The van der Waals surface area contributed by atoms with Crippen LogP contribution in [-0.2, 0) is 19.2 Å². The predicted molar refractivity (Wildman–Crippen MR) is 174 cm³/mol. The normalized spacial score (nSPS) is 28.5. The van der Waals surface area contributed by atoms with Crippen LogP contribution in [0.25, 0.3) is 0 Å². The van der Waals surface area contributed by atoms with Crippen LogP contribution in [0.1, 0.15) is 41.6 Å². The number of ether oxygens (including phenoxy) is 1. The van der Waals surface area contributed by atoms with E-state index >= 15 is 0 Å². The summed E-state index contributed by atoms with van der Waals surface area (Å²) in [7, 11) is 1.44. The molecule has 0 aromatic heterocycles. The van der Waals surface area contributed by atoms with E-state index in [9.17, 15) is 34.2 Å². The molecule has 2 aliphatic carbocycles. The van der Waals surface area contributed by atoms with Gasteiger partial charge in [0.25, 0.3) is 0 Å². The molecule has 4 aliphatic rings. The van der Waals surface area contributed by atoms with Crippen LogP contribution in [0.15, 0.2) is 78.4 Å². The second kappa shape index (κ2) is 10.8. The number of aromatic hydroxyl groups is 1. The highest BCUT2D eigenvalue weighted by Gasteiger charge is 2.67. The number of hydrogen-bond donors (Lipinski definition) is 2. The monoisotopic (exact) mass is 732 g/mol. The Morgan fingerprint density at radius 3 is 2.33 bits per heavy atom. The van der Waals surface area contributed by atoms with E-state index < -0.39 is 52.8 Å². The van der Waals surface area contributed by atoms with Crippen LogP contribution < -0.4 is 14.5 Å². The topological polar surface area (TPSA) is 142 Å². The maximum Gasteiger partial charge on any atom is 0.335 e. The van der Waals surface area contributed by atoms with Crippen molar-refractivity contribution in [1.82, 2.24) is 0 Å². The van der Waals surface area contributed by atoms with E-state index in [-0.39, 0.29) is 47.4 Å². The van der Waals surface area contributed by atoms with Gasteiger partial charge in [-0.05, 0) is 96.3 Å². The Labute approximate surface area is 277 Å². The Bertz CT molecular complexity index is 1890. The van der Waals surface area contributed by atoms with Crippen molar-refractivity contribution in [3.8, 4) is 11.5 Å². The van der Waals surface area contributed by atoms with Crippen LogP contribution in [0.5, 0.6) is 11.5 Å². The number of rotatable bonds is 5. The number of methoxy groups -OCH3 is 1. The Morgan fingerprint density at radius 2 is 1.63 bits per heavy atom. The molecule has 234 valence electrons. The molecule has 10 nitrogen and oxygen atoms in total. The quantitative estimate of drug-likeness (QED) is 0.209. The number of carboxylic acids is 1. The highest BCUT2D eigenvalue weighted by molar-refractivity contribution is 14.1. The van der Waals surface area contributed by atoms with Crippen molar-refractivity contribution in [2.75, 3.05) is 16.9 Å². The zero-order valence-corrected chi connectivity index (χ0v) is 27.0. The van der Waals surface area contributed by atoms with Crippen molar-refractivity contribution in [3.63, 3.8) is 0 Å². The molecule has 0 bridgehead atoms. The highest BCUT2D eigenvalue weighted by atomic mass is 127. The largest absolute Gasteiger partial charge is 0.504 e. The number of imide groups is 2. The van der Waals surface area contributed by atoms with E-state index in [1.807, 2.05) is 28.7 Å². The van der Waals surface area contributed by atoms with E-state index in [4.69, 9.17) is 4.74 Å². The molecule has 3 fully saturated rings. The van der Waals surface area contributed by atoms with Crippen molar-refractivity contribution in [3.05, 3.63) is 93.1 Å². The summed E-state index contributed by atoms with van der Waals surface area (Å²) >= 11 is 2.00. The fourth-order valence-electron chi connectivity index (χ4n) is 8.17. The van der Waals surface area contributed by atoms with Crippen LogP contribution in [0.4, 0.5) is 11.4 Å². The number of phenolic OH excluding ortho intramolecular Hbond substituents is 1. The zero-order valence-electron chi connectivity index (χ0n) is 24.8. The number of halogens is 1. The lowest BCUT2D eigenvalue weighted by Crippen LogP contribution is -2.48. The van der Waals surface area contributed by atoms with Gasteiger partial charge in [-0.1, -0.05) is 35.9 Å². The number of carbonyl (C=O) groups is 5. The van der Waals surface area contributed by atoms with Gasteiger partial charge in [0.05, 0.1) is 50.8 Å². The number of aromatic carboxylic acids is 1. The molecule has 1 saturated carbocycles. The molecule has 3 aromatic carbocycles. The number of fused-ring (bicyclic) bond motifs is 4. The van der Waals surface area contributed by atoms with Crippen molar-refractivity contribution < 1.29 is 38.9 Å². The maximum atomic E-state index is 14.5. The molecule has 4 amide bonds. The molecule has 0 radical (unpaired) electrons. The summed E-state index contributed by atoms with van der Waals surface area (Å²) in [5, 5.41) is 20.2. The third kappa shape index (κ3) is 4.16. The molecule has 0 unspecified atom stereocenters. The van der Waals surface area contributed by atoms with Gasteiger partial charge in [-0.2, -0.15) is 0 Å². The first-order valence-electron chi connectivity index (χ1n) is 14.9. The van der Waals surface area contributed by atoms with E-state index in [1.54, 1.807) is 49.4 Å². The molecule has 6 atom stereocenters. The van der Waals surface area contributed by atoms with Gasteiger partial charge in [0.2, 0.25) is 23.6 Å². The number of nitrogens with zero attached hydrogens (tertiary/aromatic N) is 2. The van der Waals surface area contributed by atoms with E-state index in [0.717, 1.165) is 10.5 Å². The Balaban J connectivity index is 1.38. The number of allylic oxidation sites excluding steroid dienone is 2. The van der Waals surface area contributed by atoms with Crippen molar-refractivity contribution >= 4 is 63.6 Å². The molecule has 0 spiro atoms. The summed E-state index contributed by atoms with van der Waals surface area (Å²) in [4.78, 5) is 70.9. The molecule has 7 rings (SSSR count). The van der Waals surface area contributed by atoms with E-state index in [0.29, 0.717) is 14.8 Å². The average Bonchev–Trinajstić information content (AvgIpc) is 3.42. The highest BCUT2D eigenvalue weighted by Crippen LogP contribution is 2.64. The van der Waals surface area contributed by atoms with Crippen LogP contribution in [0.3, 0.4) is 0 Å². The first-order chi connectivity index (χ1) is 22.0. The maximum absolute atomic E-state index is 14.5. The van der Waals surface area contributed by atoms with Crippen LogP contribution in [0.2, 0.25) is 0 Å². The minimum Gasteiger partial charge on any atom is -0.504 e. The molecular formula is C35H29IN2O8. The minimum absolute atomic E-state index is 0.0471. The van der Waals surface area contributed by atoms with Crippen LogP contribution >= 0.6 is 22.6 Å². The average molecular weight is 733 g/mol. The number of carbonyl (C=O) groups excluding carboxylic acids is 4. The van der Waals surface area contributed by atoms with Gasteiger partial charge >= 0.3 is 5.97 Å². The second-order valence-electron chi connectivity index (χ2n) is 12.4. The lowest BCUT2D eigenvalue weighted by atomic mass is 9.51. The van der Waals surface area contributed by atoms with Gasteiger partial charge in [0, 0.05) is 5.92 Å². The summed E-state index contributed by atoms with van der Waals surface area (Å²) in [5.74, 6) is -6.14. The van der Waals surface area contributed by atoms with Gasteiger partial charge in [-0.15, -0.1) is 0 Å². The predicted octanol–water partition coefficient (Wildman–Crippen LogP) is 5.14. The van der Waals surface area contributed by atoms with Crippen molar-refractivity contribution in [2.24, 2.45) is 29.1 Å². The molecular weight excluding hydrogens is 703 g/mol. The van der Waals surface area contributed by atoms with Crippen molar-refractivity contribution in [2.45, 2.75) is 25.7 Å². The van der Waals surface area contributed by atoms with E-state index in [2.05, 4.69) is 0 Å². The summed E-state index contributed by atoms with van der Waals surface area (Å²) in [5.41, 5.74) is 0.794. The summed E-state index contributed by atoms with van der Waals surface area (Å²) in [6.07, 6.45) is 2.36. The molecule has 2 heterocycles. The second-order valence-corrected chi connectivity index (χ2v) is 13.6. The van der Waals surface area contributed by atoms with Gasteiger partial charge in [0.1, 0.15) is 0 Å². The lowest BCUT2D eigenvalue weighted by Gasteiger charge is -2.49. The molecule has 2 N–H and O–H groups in total. The Hall–Kier alpha value is -4.52. The summed E-state index contributed by atoms with van der Waals surface area (Å²) in [6.45, 7) is 1.80. The molecule has 3 aromatic rings. The first-order valence-corrected chi connectivity index (χ1v) is 16.0. The molecule has 11 heteroatoms. The first kappa shape index (κ1) is 30.2. The molecule has 2 saturated heterocycles. The number of phenols is 1. The smallest absolute Gasteiger partial charge is 0.335 e. The fraction of sp³-hybridized carbons (Fsp3) is 0.286. The van der Waals surface area contributed by atoms with E-state index in [1.165, 1.54) is 36.3 Å². The molecule has 46 heavy (non-hydrogen) atoms.